The summed E-state index contributed by atoms with van der Waals surface area (Å²) in [7, 11) is 0. The fourth-order valence-electron chi connectivity index (χ4n) is 5.38. The molecule has 8 heteroatoms. The lowest BCUT2D eigenvalue weighted by molar-refractivity contribution is -0.129. The van der Waals surface area contributed by atoms with Crippen molar-refractivity contribution in [2.45, 2.75) is 63.3 Å². The van der Waals surface area contributed by atoms with Crippen LogP contribution in [-0.2, 0) is 32.2 Å². The number of carbonyl (C=O) groups excluding carboxylic acids is 2. The fraction of sp³-hybridized carbons (Fsp3) is 0.375. The van der Waals surface area contributed by atoms with Crippen LogP contribution in [0.25, 0.3) is 0 Å². The molecular weight excluding hydrogens is 516 g/mol. The van der Waals surface area contributed by atoms with Gasteiger partial charge in [0.15, 0.2) is 0 Å². The minimum atomic E-state index is -0.570. The quantitative estimate of drug-likeness (QED) is 0.289. The van der Waals surface area contributed by atoms with E-state index in [0.717, 1.165) is 42.9 Å². The fourth-order valence-corrected chi connectivity index (χ4v) is 5.38. The molecule has 1 amide bonds. The molecule has 1 saturated heterocycles. The molecule has 40 heavy (non-hydrogen) atoms. The van der Waals surface area contributed by atoms with E-state index in [1.807, 2.05) is 65.6 Å². The molecule has 6 nitrogen and oxygen atoms in total. The molecule has 0 aromatic heterocycles. The van der Waals surface area contributed by atoms with Crippen LogP contribution in [0.2, 0.25) is 0 Å². The summed E-state index contributed by atoms with van der Waals surface area (Å²) in [5.41, 5.74) is 2.48. The number of halogens is 2. The summed E-state index contributed by atoms with van der Waals surface area (Å²) in [5, 5.41) is 0. The van der Waals surface area contributed by atoms with E-state index in [1.165, 1.54) is 12.1 Å². The standard InChI is InChI=1S/C24H27F2NO3.C8H8O2/c25-19-7-9-22(23(26)15-19)18-6-8-21(14-18)27(20-10-12-29-13-11-20)24(28)30-16-17-4-2-1-3-5-17;9-7-10-6-8-4-2-1-3-5-8/h1-5,7,9,15,18,20-21H,6,8,10-14,16H2;1-5,7H,6H2. The number of hydrogen-bond acceptors (Lipinski definition) is 5. The highest BCUT2D eigenvalue weighted by Crippen LogP contribution is 2.39. The van der Waals surface area contributed by atoms with Gasteiger partial charge in [-0.3, -0.25) is 4.79 Å². The van der Waals surface area contributed by atoms with Gasteiger partial charge in [0.2, 0.25) is 0 Å². The predicted octanol–water partition coefficient (Wildman–Crippen LogP) is 6.78. The summed E-state index contributed by atoms with van der Waals surface area (Å²) in [6, 6.07) is 23.0. The third kappa shape index (κ3) is 8.36. The molecule has 0 N–H and O–H groups in total. The second-order valence-electron chi connectivity index (χ2n) is 10.0. The first-order valence-corrected chi connectivity index (χ1v) is 13.7. The third-order valence-corrected chi connectivity index (χ3v) is 7.36. The van der Waals surface area contributed by atoms with Gasteiger partial charge in [0.1, 0.15) is 24.8 Å². The highest BCUT2D eigenvalue weighted by atomic mass is 19.1. The summed E-state index contributed by atoms with van der Waals surface area (Å²) in [4.78, 5) is 24.7. The molecule has 0 spiro atoms. The Bertz CT molecular complexity index is 1200. The van der Waals surface area contributed by atoms with Crippen LogP contribution in [0, 0.1) is 11.6 Å². The van der Waals surface area contributed by atoms with Crippen molar-refractivity contribution < 1.29 is 32.6 Å². The molecule has 1 saturated carbocycles. The summed E-state index contributed by atoms with van der Waals surface area (Å²) in [6.07, 6.45) is 3.41. The molecule has 2 unspecified atom stereocenters. The molecule has 2 aliphatic rings. The molecular formula is C32H35F2NO5. The SMILES string of the molecule is O=C(OCc1ccccc1)N(C1CCOCC1)C1CCC(c2ccc(F)cc2F)C1.O=COCc1ccccc1. The van der Waals surface area contributed by atoms with E-state index < -0.39 is 11.6 Å². The van der Waals surface area contributed by atoms with E-state index in [0.29, 0.717) is 38.3 Å². The Kier molecular flexibility index (Phi) is 11.0. The summed E-state index contributed by atoms with van der Waals surface area (Å²) < 4.78 is 43.3. The first-order chi connectivity index (χ1) is 19.5. The molecule has 0 bridgehead atoms. The predicted molar refractivity (Wildman–Crippen MR) is 146 cm³/mol. The van der Waals surface area contributed by atoms with Gasteiger partial charge < -0.3 is 19.1 Å². The second-order valence-corrected chi connectivity index (χ2v) is 10.0. The zero-order chi connectivity index (χ0) is 28.2. The number of ether oxygens (including phenoxy) is 3. The van der Waals surface area contributed by atoms with Gasteiger partial charge >= 0.3 is 6.09 Å². The molecule has 212 valence electrons. The molecule has 2 fully saturated rings. The number of rotatable bonds is 8. The van der Waals surface area contributed by atoms with E-state index in [9.17, 15) is 18.4 Å². The minimum Gasteiger partial charge on any atom is -0.463 e. The average molecular weight is 552 g/mol. The zero-order valence-electron chi connectivity index (χ0n) is 22.4. The topological polar surface area (TPSA) is 65.1 Å². The van der Waals surface area contributed by atoms with Crippen molar-refractivity contribution in [3.63, 3.8) is 0 Å². The number of nitrogens with zero attached hydrogens (tertiary/aromatic N) is 1. The molecule has 2 atom stereocenters. The van der Waals surface area contributed by atoms with Gasteiger partial charge in [-0.1, -0.05) is 66.7 Å². The first kappa shape index (κ1) is 29.2. The van der Waals surface area contributed by atoms with Crippen LogP contribution in [0.1, 0.15) is 54.7 Å². The third-order valence-electron chi connectivity index (χ3n) is 7.36. The molecule has 1 aliphatic heterocycles. The molecule has 1 heterocycles. The highest BCUT2D eigenvalue weighted by molar-refractivity contribution is 5.68. The average Bonchev–Trinajstić information content (AvgIpc) is 3.46. The molecule has 5 rings (SSSR count). The van der Waals surface area contributed by atoms with Crippen molar-refractivity contribution in [3.8, 4) is 0 Å². The van der Waals surface area contributed by atoms with E-state index in [-0.39, 0.29) is 30.7 Å². The highest BCUT2D eigenvalue weighted by Gasteiger charge is 2.38. The Morgan fingerprint density at radius 2 is 1.50 bits per heavy atom. The van der Waals surface area contributed by atoms with Gasteiger partial charge in [-0.05, 0) is 60.8 Å². The van der Waals surface area contributed by atoms with Crippen molar-refractivity contribution in [1.82, 2.24) is 4.90 Å². The van der Waals surface area contributed by atoms with E-state index in [1.54, 1.807) is 0 Å². The summed E-state index contributed by atoms with van der Waals surface area (Å²) in [5.74, 6) is -1.11. The Hall–Kier alpha value is -3.78. The van der Waals surface area contributed by atoms with E-state index in [4.69, 9.17) is 9.47 Å². The number of carbonyl (C=O) groups is 2. The number of amides is 1. The smallest absolute Gasteiger partial charge is 0.410 e. The van der Waals surface area contributed by atoms with Crippen LogP contribution in [0.3, 0.4) is 0 Å². The van der Waals surface area contributed by atoms with Gasteiger partial charge in [-0.2, -0.15) is 0 Å². The monoisotopic (exact) mass is 551 g/mol. The van der Waals surface area contributed by atoms with Gasteiger partial charge in [-0.25, -0.2) is 13.6 Å². The van der Waals surface area contributed by atoms with Crippen LogP contribution >= 0.6 is 0 Å². The summed E-state index contributed by atoms with van der Waals surface area (Å²) >= 11 is 0. The summed E-state index contributed by atoms with van der Waals surface area (Å²) in [6.45, 7) is 2.28. The van der Waals surface area contributed by atoms with Gasteiger partial charge in [0.05, 0.1) is 0 Å². The van der Waals surface area contributed by atoms with E-state index >= 15 is 0 Å². The van der Waals surface area contributed by atoms with Gasteiger partial charge in [0, 0.05) is 31.4 Å². The Morgan fingerprint density at radius 1 is 0.850 bits per heavy atom. The van der Waals surface area contributed by atoms with Crippen molar-refractivity contribution in [1.29, 1.82) is 0 Å². The number of benzene rings is 3. The zero-order valence-corrected chi connectivity index (χ0v) is 22.4. The molecule has 3 aromatic carbocycles. The second kappa shape index (κ2) is 15.1. The van der Waals surface area contributed by atoms with Crippen LogP contribution in [0.5, 0.6) is 0 Å². The van der Waals surface area contributed by atoms with Gasteiger partial charge in [-0.15, -0.1) is 0 Å². The van der Waals surface area contributed by atoms with Crippen LogP contribution in [0.4, 0.5) is 13.6 Å². The van der Waals surface area contributed by atoms with Crippen molar-refractivity contribution in [2.24, 2.45) is 0 Å². The van der Waals surface area contributed by atoms with Crippen LogP contribution < -0.4 is 0 Å². The molecule has 3 aromatic rings. The Morgan fingerprint density at radius 3 is 2.12 bits per heavy atom. The normalized spacial score (nSPS) is 18.8. The molecule has 1 aliphatic carbocycles. The van der Waals surface area contributed by atoms with Crippen LogP contribution in [-0.4, -0.2) is 42.8 Å². The maximum absolute atomic E-state index is 14.3. The van der Waals surface area contributed by atoms with E-state index in [2.05, 4.69) is 4.74 Å². The number of hydrogen-bond donors (Lipinski definition) is 0. The van der Waals surface area contributed by atoms with Crippen LogP contribution in [0.15, 0.2) is 78.9 Å². The van der Waals surface area contributed by atoms with Gasteiger partial charge in [0.25, 0.3) is 6.47 Å². The largest absolute Gasteiger partial charge is 0.463 e. The van der Waals surface area contributed by atoms with Crippen molar-refractivity contribution in [2.75, 3.05) is 13.2 Å². The molecule has 0 radical (unpaired) electrons. The first-order valence-electron chi connectivity index (χ1n) is 13.7. The minimum absolute atomic E-state index is 0.0224. The Balaban J connectivity index is 0.000000312. The lowest BCUT2D eigenvalue weighted by Crippen LogP contribution is -2.48. The Labute approximate surface area is 233 Å². The maximum Gasteiger partial charge on any atom is 0.410 e. The maximum atomic E-state index is 14.3. The lowest BCUT2D eigenvalue weighted by Gasteiger charge is -2.37. The van der Waals surface area contributed by atoms with Crippen molar-refractivity contribution >= 4 is 12.6 Å². The lowest BCUT2D eigenvalue weighted by atomic mass is 9.96. The van der Waals surface area contributed by atoms with Crippen molar-refractivity contribution in [3.05, 3.63) is 107 Å².